The van der Waals surface area contributed by atoms with Crippen LogP contribution in [0, 0.1) is 23.7 Å². The Morgan fingerprint density at radius 2 is 0.745 bits per heavy atom. The zero-order valence-corrected chi connectivity index (χ0v) is 32.6. The van der Waals surface area contributed by atoms with Crippen LogP contribution in [-0.2, 0) is 48.7 Å². The van der Waals surface area contributed by atoms with Crippen molar-refractivity contribution in [1.29, 1.82) is 0 Å². The molecule has 2 aromatic carbocycles. The Labute approximate surface area is 323 Å². The molecule has 0 N–H and O–H groups in total. The largest absolute Gasteiger partial charge is 0.464 e. The van der Waals surface area contributed by atoms with Crippen LogP contribution in [0.2, 0.25) is 0 Å². The quantitative estimate of drug-likeness (QED) is 0.129. The van der Waals surface area contributed by atoms with Crippen molar-refractivity contribution in [2.24, 2.45) is 23.7 Å². The van der Waals surface area contributed by atoms with Gasteiger partial charge in [-0.2, -0.15) is 0 Å². The third-order valence-corrected chi connectivity index (χ3v) is 11.0. The van der Waals surface area contributed by atoms with E-state index in [4.69, 9.17) is 66.3 Å². The van der Waals surface area contributed by atoms with Crippen molar-refractivity contribution < 1.29 is 66.3 Å². The van der Waals surface area contributed by atoms with E-state index in [0.717, 1.165) is 11.1 Å². The minimum atomic E-state index is -0.990. The Bertz CT molecular complexity index is 1480. The van der Waals surface area contributed by atoms with Crippen LogP contribution in [0.3, 0.4) is 0 Å². The number of ether oxygens (including phenoxy) is 14. The third kappa shape index (κ3) is 9.23. The maximum atomic E-state index is 6.97. The van der Waals surface area contributed by atoms with Crippen LogP contribution in [0.25, 0.3) is 0 Å². The Balaban J connectivity index is 1.02. The van der Waals surface area contributed by atoms with Gasteiger partial charge in [0.05, 0.1) is 79.3 Å². The number of hydrogen-bond donors (Lipinski definition) is 0. The van der Waals surface area contributed by atoms with Crippen molar-refractivity contribution in [3.05, 3.63) is 35.4 Å². The van der Waals surface area contributed by atoms with Crippen molar-refractivity contribution in [1.82, 2.24) is 0 Å². The van der Waals surface area contributed by atoms with E-state index < -0.39 is 5.79 Å². The first-order valence-electron chi connectivity index (χ1n) is 19.5. The molecule has 0 atom stereocenters. The van der Waals surface area contributed by atoms with Gasteiger partial charge in [0.15, 0.2) is 50.2 Å². The first-order valence-corrected chi connectivity index (χ1v) is 19.5. The normalized spacial score (nSPS) is 22.5. The second kappa shape index (κ2) is 16.8. The molecule has 55 heavy (non-hydrogen) atoms. The van der Waals surface area contributed by atoms with Crippen LogP contribution in [-0.4, -0.2) is 112 Å². The lowest BCUT2D eigenvalue weighted by Gasteiger charge is -2.51. The highest BCUT2D eigenvalue weighted by molar-refractivity contribution is 5.57. The van der Waals surface area contributed by atoms with E-state index in [1.54, 1.807) is 0 Å². The molecule has 0 radical (unpaired) electrons. The molecule has 304 valence electrons. The van der Waals surface area contributed by atoms with E-state index in [1.807, 2.05) is 24.3 Å². The molecule has 0 aromatic heterocycles. The van der Waals surface area contributed by atoms with Gasteiger partial charge >= 0.3 is 0 Å². The van der Waals surface area contributed by atoms with Gasteiger partial charge in [-0.1, -0.05) is 27.7 Å². The fourth-order valence-corrected chi connectivity index (χ4v) is 7.73. The summed E-state index contributed by atoms with van der Waals surface area (Å²) >= 11 is 0. The number of fused-ring (bicyclic) bond motifs is 2. The average molecular weight is 773 g/mol. The number of rotatable bonds is 20. The van der Waals surface area contributed by atoms with Gasteiger partial charge in [-0.3, -0.25) is 0 Å². The van der Waals surface area contributed by atoms with Gasteiger partial charge < -0.3 is 66.3 Å². The fraction of sp³-hybridized carbons (Fsp3) is 0.707. The summed E-state index contributed by atoms with van der Waals surface area (Å²) < 4.78 is 83.1. The van der Waals surface area contributed by atoms with Gasteiger partial charge in [0.25, 0.3) is 5.79 Å². The zero-order valence-electron chi connectivity index (χ0n) is 32.6. The molecule has 2 aromatic rings. The molecule has 0 saturated carbocycles. The van der Waals surface area contributed by atoms with Gasteiger partial charge in [0.2, 0.25) is 0 Å². The molecule has 4 saturated heterocycles. The van der Waals surface area contributed by atoms with Crippen LogP contribution < -0.4 is 28.4 Å². The summed E-state index contributed by atoms with van der Waals surface area (Å²) in [6, 6.07) is 7.78. The summed E-state index contributed by atoms with van der Waals surface area (Å²) in [6.45, 7) is 17.1. The summed E-state index contributed by atoms with van der Waals surface area (Å²) in [4.78, 5) is 0. The smallest absolute Gasteiger partial charge is 0.252 e. The minimum absolute atomic E-state index is 0.0583. The Morgan fingerprint density at radius 3 is 1.02 bits per heavy atom. The molecule has 14 heteroatoms. The Hall–Kier alpha value is -3.08. The minimum Gasteiger partial charge on any atom is -0.464 e. The molecule has 0 unspecified atom stereocenters. The van der Waals surface area contributed by atoms with Crippen molar-refractivity contribution in [2.75, 3.05) is 106 Å². The Kier molecular flexibility index (Phi) is 11.8. The van der Waals surface area contributed by atoms with Crippen molar-refractivity contribution in [2.45, 2.75) is 57.2 Å². The van der Waals surface area contributed by atoms with E-state index in [-0.39, 0.29) is 38.0 Å². The molecule has 6 aliphatic rings. The SMILES string of the molecule is CC1(C)CC2(CC(C)(C)c3cc(OCOCC4COC4)c(OCOCC4COC4)cc3O2)Oc2cc(OCOCC3COC3)c(OCOCC3COC3)cc21. The lowest BCUT2D eigenvalue weighted by atomic mass is 9.69. The summed E-state index contributed by atoms with van der Waals surface area (Å²) in [7, 11) is 0. The van der Waals surface area contributed by atoms with E-state index in [0.29, 0.717) is 150 Å². The molecule has 6 aliphatic heterocycles. The topological polar surface area (TPSA) is 129 Å². The fourth-order valence-electron chi connectivity index (χ4n) is 7.73. The second-order valence-electron chi connectivity index (χ2n) is 17.0. The molecule has 14 nitrogen and oxygen atoms in total. The van der Waals surface area contributed by atoms with E-state index in [9.17, 15) is 0 Å². The molecular weight excluding hydrogens is 716 g/mol. The average Bonchev–Trinajstić information content (AvgIpc) is 3.04. The van der Waals surface area contributed by atoms with Crippen LogP contribution in [0.5, 0.6) is 34.5 Å². The third-order valence-electron chi connectivity index (χ3n) is 11.0. The lowest BCUT2D eigenvalue weighted by molar-refractivity contribution is -0.166. The molecular formula is C41H56O14. The number of hydrogen-bond acceptors (Lipinski definition) is 14. The predicted octanol–water partition coefficient (Wildman–Crippen LogP) is 5.20. The summed E-state index contributed by atoms with van der Waals surface area (Å²) in [5.41, 5.74) is 1.24. The van der Waals surface area contributed by atoms with Crippen LogP contribution in [0.1, 0.15) is 51.7 Å². The van der Waals surface area contributed by atoms with Gasteiger partial charge in [-0.15, -0.1) is 0 Å². The first-order chi connectivity index (χ1) is 26.6. The van der Waals surface area contributed by atoms with E-state index >= 15 is 0 Å². The first kappa shape index (κ1) is 38.8. The highest BCUT2D eigenvalue weighted by Gasteiger charge is 2.54. The molecule has 0 amide bonds. The van der Waals surface area contributed by atoms with E-state index in [2.05, 4.69) is 27.7 Å². The van der Waals surface area contributed by atoms with Crippen LogP contribution >= 0.6 is 0 Å². The molecule has 0 aliphatic carbocycles. The van der Waals surface area contributed by atoms with Crippen LogP contribution in [0.15, 0.2) is 24.3 Å². The molecule has 8 rings (SSSR count). The van der Waals surface area contributed by atoms with Crippen molar-refractivity contribution in [3.63, 3.8) is 0 Å². The number of benzene rings is 2. The highest BCUT2D eigenvalue weighted by atomic mass is 16.7. The van der Waals surface area contributed by atoms with Crippen molar-refractivity contribution >= 4 is 0 Å². The van der Waals surface area contributed by atoms with Crippen molar-refractivity contribution in [3.8, 4) is 34.5 Å². The van der Waals surface area contributed by atoms with Gasteiger partial charge in [0, 0.05) is 70.6 Å². The standard InChI is InChI=1S/C41H56O14/c1-39(2)21-41(54-33-7-37(52-25-48-19-29-13-44-14-29)35(5-31(33)39)50-23-46-17-27-9-42-10-27)22-40(3,4)32-6-36(51-24-47-18-28-11-43-12-28)38(8-34(32)55-41)53-26-49-20-30-15-45-16-30/h5-8,27-30H,9-26H2,1-4H3. The maximum absolute atomic E-state index is 6.97. The Morgan fingerprint density at radius 1 is 0.455 bits per heavy atom. The summed E-state index contributed by atoms with van der Waals surface area (Å²) in [5, 5.41) is 0. The maximum Gasteiger partial charge on any atom is 0.252 e. The van der Waals surface area contributed by atoms with Gasteiger partial charge in [-0.05, 0) is 12.1 Å². The highest BCUT2D eigenvalue weighted by Crippen LogP contribution is 2.56. The molecule has 0 bridgehead atoms. The second-order valence-corrected chi connectivity index (χ2v) is 17.0. The van der Waals surface area contributed by atoms with Crippen LogP contribution in [0.4, 0.5) is 0 Å². The molecule has 1 spiro atoms. The monoisotopic (exact) mass is 772 g/mol. The van der Waals surface area contributed by atoms with Gasteiger partial charge in [0.1, 0.15) is 11.5 Å². The van der Waals surface area contributed by atoms with E-state index in [1.165, 1.54) is 0 Å². The predicted molar refractivity (Wildman–Crippen MR) is 195 cm³/mol. The summed E-state index contributed by atoms with van der Waals surface area (Å²) in [5.74, 6) is 4.03. The zero-order chi connectivity index (χ0) is 37.9. The molecule has 6 heterocycles. The molecule has 4 fully saturated rings. The lowest BCUT2D eigenvalue weighted by Crippen LogP contribution is -2.55. The van der Waals surface area contributed by atoms with Gasteiger partial charge in [-0.25, -0.2) is 0 Å². The summed E-state index contributed by atoms with van der Waals surface area (Å²) in [6.07, 6.45) is 1.17.